The van der Waals surface area contributed by atoms with Crippen LogP contribution in [-0.4, -0.2) is 38.0 Å². The molecule has 0 radical (unpaired) electrons. The maximum absolute atomic E-state index is 11.5. The van der Waals surface area contributed by atoms with E-state index in [1.807, 2.05) is 0 Å². The summed E-state index contributed by atoms with van der Waals surface area (Å²) >= 11 is 0. The summed E-state index contributed by atoms with van der Waals surface area (Å²) in [7, 11) is -3.18. The van der Waals surface area contributed by atoms with Gasteiger partial charge in [-0.1, -0.05) is 0 Å². The van der Waals surface area contributed by atoms with Crippen molar-refractivity contribution in [2.75, 3.05) is 19.6 Å². The van der Waals surface area contributed by atoms with Gasteiger partial charge in [0.2, 0.25) is 9.84 Å². The van der Waals surface area contributed by atoms with E-state index in [4.69, 9.17) is 0 Å². The van der Waals surface area contributed by atoms with Gasteiger partial charge in [-0.15, -0.1) is 0 Å². The van der Waals surface area contributed by atoms with Crippen molar-refractivity contribution < 1.29 is 8.42 Å². The highest BCUT2D eigenvalue weighted by atomic mass is 32.2. The van der Waals surface area contributed by atoms with Crippen LogP contribution in [0.15, 0.2) is 16.1 Å². The SMILES string of the molecule is CC1=CS(=O)(=O)C(CN2CCCC2)=N1. The van der Waals surface area contributed by atoms with Gasteiger partial charge < -0.3 is 0 Å². The van der Waals surface area contributed by atoms with Crippen LogP contribution < -0.4 is 0 Å². The van der Waals surface area contributed by atoms with Crippen molar-refractivity contribution in [2.45, 2.75) is 19.8 Å². The Morgan fingerprint density at radius 1 is 1.43 bits per heavy atom. The van der Waals surface area contributed by atoms with Crippen molar-refractivity contribution in [2.24, 2.45) is 4.99 Å². The van der Waals surface area contributed by atoms with E-state index in [0.717, 1.165) is 13.1 Å². The zero-order valence-corrected chi connectivity index (χ0v) is 9.05. The summed E-state index contributed by atoms with van der Waals surface area (Å²) in [5.74, 6) is 0. The normalized spacial score (nSPS) is 26.4. The van der Waals surface area contributed by atoms with E-state index in [1.54, 1.807) is 6.92 Å². The van der Waals surface area contributed by atoms with Gasteiger partial charge in [0.1, 0.15) is 0 Å². The summed E-state index contributed by atoms with van der Waals surface area (Å²) < 4.78 is 23.1. The van der Waals surface area contributed by atoms with E-state index in [-0.39, 0.29) is 0 Å². The summed E-state index contributed by atoms with van der Waals surface area (Å²) in [6, 6.07) is 0. The third kappa shape index (κ3) is 1.88. The maximum atomic E-state index is 11.5. The first-order chi connectivity index (χ1) is 6.58. The Bertz CT molecular complexity index is 389. The van der Waals surface area contributed by atoms with E-state index in [9.17, 15) is 8.42 Å². The van der Waals surface area contributed by atoms with Gasteiger partial charge in [0.05, 0.1) is 17.6 Å². The molecule has 1 saturated heterocycles. The minimum atomic E-state index is -3.18. The van der Waals surface area contributed by atoms with E-state index in [0.29, 0.717) is 17.3 Å². The second-order valence-corrected chi connectivity index (χ2v) is 5.59. The van der Waals surface area contributed by atoms with E-state index in [2.05, 4.69) is 9.89 Å². The number of likely N-dealkylation sites (tertiary alicyclic amines) is 1. The molecule has 0 aliphatic carbocycles. The molecule has 14 heavy (non-hydrogen) atoms. The molecule has 0 aromatic carbocycles. The van der Waals surface area contributed by atoms with Gasteiger partial charge in [0, 0.05) is 0 Å². The molecule has 0 unspecified atom stereocenters. The Labute approximate surface area is 84.2 Å². The highest BCUT2D eigenvalue weighted by Crippen LogP contribution is 2.16. The first-order valence-corrected chi connectivity index (χ1v) is 6.36. The molecule has 0 aromatic rings. The fraction of sp³-hybridized carbons (Fsp3) is 0.667. The van der Waals surface area contributed by atoms with Gasteiger partial charge in [-0.2, -0.15) is 0 Å². The summed E-state index contributed by atoms with van der Waals surface area (Å²) in [6.07, 6.45) is 2.33. The Morgan fingerprint density at radius 3 is 2.57 bits per heavy atom. The van der Waals surface area contributed by atoms with Crippen molar-refractivity contribution in [3.8, 4) is 0 Å². The second kappa shape index (κ2) is 3.47. The highest BCUT2D eigenvalue weighted by molar-refractivity contribution is 8.09. The van der Waals surface area contributed by atoms with Gasteiger partial charge >= 0.3 is 0 Å². The van der Waals surface area contributed by atoms with E-state index in [1.165, 1.54) is 18.2 Å². The number of nitrogens with zero attached hydrogens (tertiary/aromatic N) is 2. The lowest BCUT2D eigenvalue weighted by Crippen LogP contribution is -2.29. The van der Waals surface area contributed by atoms with Gasteiger partial charge in [-0.3, -0.25) is 4.90 Å². The van der Waals surface area contributed by atoms with Crippen molar-refractivity contribution in [3.63, 3.8) is 0 Å². The largest absolute Gasteiger partial charge is 0.297 e. The molecule has 0 spiro atoms. The first kappa shape index (κ1) is 9.86. The third-order valence-electron chi connectivity index (χ3n) is 2.51. The van der Waals surface area contributed by atoms with Gasteiger partial charge in [0.25, 0.3) is 0 Å². The topological polar surface area (TPSA) is 49.7 Å². The monoisotopic (exact) mass is 214 g/mol. The lowest BCUT2D eigenvalue weighted by atomic mass is 10.4. The van der Waals surface area contributed by atoms with Crippen LogP contribution in [0.25, 0.3) is 0 Å². The third-order valence-corrected chi connectivity index (χ3v) is 4.04. The number of hydrogen-bond donors (Lipinski definition) is 0. The molecule has 0 atom stereocenters. The average molecular weight is 214 g/mol. The quantitative estimate of drug-likeness (QED) is 0.682. The minimum absolute atomic E-state index is 0.317. The van der Waals surface area contributed by atoms with Crippen molar-refractivity contribution in [1.82, 2.24) is 4.90 Å². The second-order valence-electron chi connectivity index (χ2n) is 3.79. The van der Waals surface area contributed by atoms with Crippen molar-refractivity contribution >= 4 is 14.9 Å². The van der Waals surface area contributed by atoms with Crippen molar-refractivity contribution in [1.29, 1.82) is 0 Å². The number of rotatable bonds is 2. The summed E-state index contributed by atoms with van der Waals surface area (Å²) in [6.45, 7) is 4.19. The number of allylic oxidation sites excluding steroid dienone is 1. The van der Waals surface area contributed by atoms with Crippen LogP contribution in [0.4, 0.5) is 0 Å². The summed E-state index contributed by atoms with van der Waals surface area (Å²) in [4.78, 5) is 6.19. The predicted molar refractivity (Wildman–Crippen MR) is 55.8 cm³/mol. The maximum Gasteiger partial charge on any atom is 0.216 e. The Balaban J connectivity index is 2.10. The van der Waals surface area contributed by atoms with Gasteiger partial charge in [-0.25, -0.2) is 13.4 Å². The van der Waals surface area contributed by atoms with Crippen LogP contribution in [0, 0.1) is 0 Å². The molecule has 2 rings (SSSR count). The fourth-order valence-corrected chi connectivity index (χ4v) is 3.11. The molecule has 0 saturated carbocycles. The molecule has 2 aliphatic rings. The fourth-order valence-electron chi connectivity index (χ4n) is 1.84. The van der Waals surface area contributed by atoms with Crippen LogP contribution >= 0.6 is 0 Å². The lowest BCUT2D eigenvalue weighted by molar-refractivity contribution is 0.389. The Hall–Kier alpha value is -0.680. The molecule has 2 heterocycles. The molecular weight excluding hydrogens is 200 g/mol. The lowest BCUT2D eigenvalue weighted by Gasteiger charge is -2.13. The molecular formula is C9H14N2O2S. The summed E-state index contributed by atoms with van der Waals surface area (Å²) in [5.41, 5.74) is 0.596. The molecule has 2 aliphatic heterocycles. The van der Waals surface area contributed by atoms with E-state index < -0.39 is 9.84 Å². The van der Waals surface area contributed by atoms with Crippen LogP contribution in [0.3, 0.4) is 0 Å². The average Bonchev–Trinajstić information content (AvgIpc) is 2.61. The number of aliphatic imine (C=N–C) groups is 1. The van der Waals surface area contributed by atoms with E-state index >= 15 is 0 Å². The Kier molecular flexibility index (Phi) is 2.45. The van der Waals surface area contributed by atoms with Crippen LogP contribution in [0.1, 0.15) is 19.8 Å². The molecule has 0 aromatic heterocycles. The molecule has 0 bridgehead atoms. The van der Waals surface area contributed by atoms with Gasteiger partial charge in [0.15, 0.2) is 5.04 Å². The van der Waals surface area contributed by atoms with Gasteiger partial charge in [-0.05, 0) is 32.9 Å². The molecule has 4 nitrogen and oxygen atoms in total. The van der Waals surface area contributed by atoms with Crippen LogP contribution in [-0.2, 0) is 9.84 Å². The molecule has 5 heteroatoms. The van der Waals surface area contributed by atoms with Crippen LogP contribution in [0.2, 0.25) is 0 Å². The molecule has 78 valence electrons. The minimum Gasteiger partial charge on any atom is -0.297 e. The van der Waals surface area contributed by atoms with Crippen molar-refractivity contribution in [3.05, 3.63) is 11.1 Å². The smallest absolute Gasteiger partial charge is 0.216 e. The summed E-state index contributed by atoms with van der Waals surface area (Å²) in [5, 5.41) is 1.56. The zero-order chi connectivity index (χ0) is 10.2. The number of sulfone groups is 1. The first-order valence-electron chi connectivity index (χ1n) is 4.81. The Morgan fingerprint density at radius 2 is 2.07 bits per heavy atom. The zero-order valence-electron chi connectivity index (χ0n) is 8.23. The van der Waals surface area contributed by atoms with Crippen LogP contribution in [0.5, 0.6) is 0 Å². The molecule has 0 amide bonds. The highest BCUT2D eigenvalue weighted by Gasteiger charge is 2.26. The standard InChI is InChI=1S/C9H14N2O2S/c1-8-7-14(12,13)9(10-8)6-11-4-2-3-5-11/h7H,2-6H2,1H3. The number of hydrogen-bond acceptors (Lipinski definition) is 4. The predicted octanol–water partition coefficient (Wildman–Crippen LogP) is 0.770. The molecule has 0 N–H and O–H groups in total. The molecule has 1 fully saturated rings.